The van der Waals surface area contributed by atoms with E-state index in [1.165, 1.54) is 0 Å². The van der Waals surface area contributed by atoms with Gasteiger partial charge in [0.05, 0.1) is 5.84 Å². The van der Waals surface area contributed by atoms with Crippen molar-refractivity contribution >= 4 is 11.8 Å². The van der Waals surface area contributed by atoms with Crippen molar-refractivity contribution in [2.45, 2.75) is 6.92 Å². The number of amidine groups is 1. The number of nitrogens with two attached hydrogens (primary N) is 1. The standard InChI is InChI=1S/C5H12N4/c1-4(6)8-5(7)9(2)3/h1-3H3,(H3,6,7,8). The molecule has 0 spiro atoms. The lowest BCUT2D eigenvalue weighted by atomic mass is 10.7. The lowest BCUT2D eigenvalue weighted by molar-refractivity contribution is 0.610. The van der Waals surface area contributed by atoms with Crippen molar-refractivity contribution in [1.82, 2.24) is 4.90 Å². The Morgan fingerprint density at radius 3 is 2.11 bits per heavy atom. The summed E-state index contributed by atoms with van der Waals surface area (Å²) in [6.07, 6.45) is 0. The van der Waals surface area contributed by atoms with E-state index in [1.807, 2.05) is 0 Å². The minimum Gasteiger partial charge on any atom is -0.387 e. The van der Waals surface area contributed by atoms with Crippen molar-refractivity contribution in [2.75, 3.05) is 14.1 Å². The van der Waals surface area contributed by atoms with E-state index in [-0.39, 0.29) is 5.96 Å². The van der Waals surface area contributed by atoms with Crippen LogP contribution >= 0.6 is 0 Å². The van der Waals surface area contributed by atoms with Crippen LogP contribution in [0.5, 0.6) is 0 Å². The Morgan fingerprint density at radius 1 is 1.56 bits per heavy atom. The summed E-state index contributed by atoms with van der Waals surface area (Å²) < 4.78 is 0. The molecule has 0 amide bonds. The van der Waals surface area contributed by atoms with E-state index in [0.29, 0.717) is 5.84 Å². The maximum absolute atomic E-state index is 7.13. The molecule has 0 aliphatic heterocycles. The van der Waals surface area contributed by atoms with Gasteiger partial charge in [0.25, 0.3) is 0 Å². The molecule has 0 heterocycles. The fraction of sp³-hybridized carbons (Fsp3) is 0.600. The molecule has 0 aromatic carbocycles. The highest BCUT2D eigenvalue weighted by Gasteiger charge is 1.92. The number of aliphatic imine (C=N–C) groups is 1. The van der Waals surface area contributed by atoms with Crippen molar-refractivity contribution in [2.24, 2.45) is 10.7 Å². The maximum atomic E-state index is 7.13. The van der Waals surface area contributed by atoms with Gasteiger partial charge in [-0.2, -0.15) is 0 Å². The summed E-state index contributed by atoms with van der Waals surface area (Å²) in [5.74, 6) is 0.587. The molecule has 52 valence electrons. The topological polar surface area (TPSA) is 65.5 Å². The molecule has 4 heteroatoms. The third-order valence-electron chi connectivity index (χ3n) is 0.706. The van der Waals surface area contributed by atoms with Crippen LogP contribution in [-0.4, -0.2) is 30.8 Å². The first kappa shape index (κ1) is 7.94. The van der Waals surface area contributed by atoms with Gasteiger partial charge in [0.2, 0.25) is 5.96 Å². The van der Waals surface area contributed by atoms with Gasteiger partial charge in [-0.25, -0.2) is 4.99 Å². The molecule has 0 radical (unpaired) electrons. The molecule has 0 aliphatic carbocycles. The number of hydrogen-bond donors (Lipinski definition) is 2. The Hall–Kier alpha value is -1.06. The zero-order valence-corrected chi connectivity index (χ0v) is 5.97. The number of rotatable bonds is 0. The summed E-state index contributed by atoms with van der Waals surface area (Å²) in [7, 11) is 3.49. The molecule has 0 fully saturated rings. The summed E-state index contributed by atoms with van der Waals surface area (Å²) in [5, 5.41) is 7.13. The average molecular weight is 128 g/mol. The van der Waals surface area contributed by atoms with Crippen molar-refractivity contribution < 1.29 is 0 Å². The van der Waals surface area contributed by atoms with Crippen LogP contribution in [0.2, 0.25) is 0 Å². The summed E-state index contributed by atoms with van der Waals surface area (Å²) in [6.45, 7) is 1.65. The first-order valence-corrected chi connectivity index (χ1v) is 2.60. The first-order chi connectivity index (χ1) is 4.04. The van der Waals surface area contributed by atoms with Crippen LogP contribution in [0.25, 0.3) is 0 Å². The largest absolute Gasteiger partial charge is 0.387 e. The average Bonchev–Trinajstić information content (AvgIpc) is 1.63. The normalized spacial score (nSPS) is 11.2. The molecule has 0 unspecified atom stereocenters. The number of nitrogens with one attached hydrogen (secondary N) is 1. The molecule has 0 saturated heterocycles. The van der Waals surface area contributed by atoms with E-state index < -0.39 is 0 Å². The quantitative estimate of drug-likeness (QED) is 0.352. The number of nitrogens with zero attached hydrogens (tertiary/aromatic N) is 2. The molecule has 0 aromatic heterocycles. The first-order valence-electron chi connectivity index (χ1n) is 2.60. The molecule has 0 bridgehead atoms. The van der Waals surface area contributed by atoms with E-state index in [2.05, 4.69) is 4.99 Å². The van der Waals surface area contributed by atoms with Crippen molar-refractivity contribution in [3.05, 3.63) is 0 Å². The fourth-order valence-electron chi connectivity index (χ4n) is 0.267. The summed E-state index contributed by atoms with van der Waals surface area (Å²) in [4.78, 5) is 5.26. The van der Waals surface area contributed by atoms with Crippen LogP contribution < -0.4 is 5.73 Å². The van der Waals surface area contributed by atoms with Gasteiger partial charge in [0, 0.05) is 14.1 Å². The Kier molecular flexibility index (Phi) is 2.70. The van der Waals surface area contributed by atoms with Crippen molar-refractivity contribution in [3.8, 4) is 0 Å². The van der Waals surface area contributed by atoms with Crippen LogP contribution in [0.3, 0.4) is 0 Å². The minimum absolute atomic E-state index is 0.176. The molecule has 9 heavy (non-hydrogen) atoms. The van der Waals surface area contributed by atoms with E-state index in [0.717, 1.165) is 0 Å². The summed E-state index contributed by atoms with van der Waals surface area (Å²) >= 11 is 0. The van der Waals surface area contributed by atoms with Gasteiger partial charge in [0.1, 0.15) is 0 Å². The minimum atomic E-state index is 0.176. The van der Waals surface area contributed by atoms with E-state index in [4.69, 9.17) is 11.1 Å². The third-order valence-corrected chi connectivity index (χ3v) is 0.706. The second-order valence-corrected chi connectivity index (χ2v) is 1.97. The third kappa shape index (κ3) is 3.52. The van der Waals surface area contributed by atoms with Crippen molar-refractivity contribution in [3.63, 3.8) is 0 Å². The molecular formula is C5H12N4. The zero-order valence-electron chi connectivity index (χ0n) is 5.97. The van der Waals surface area contributed by atoms with Crippen LogP contribution in [-0.2, 0) is 0 Å². The molecular weight excluding hydrogens is 116 g/mol. The Labute approximate surface area is 54.9 Å². The van der Waals surface area contributed by atoms with Gasteiger partial charge in [0.15, 0.2) is 0 Å². The molecule has 0 atom stereocenters. The van der Waals surface area contributed by atoms with Crippen LogP contribution in [0.4, 0.5) is 0 Å². The summed E-state index contributed by atoms with van der Waals surface area (Å²) in [6, 6.07) is 0. The second-order valence-electron chi connectivity index (χ2n) is 1.97. The van der Waals surface area contributed by atoms with E-state index in [9.17, 15) is 0 Å². The van der Waals surface area contributed by atoms with Crippen LogP contribution in [0.15, 0.2) is 4.99 Å². The van der Waals surface area contributed by atoms with Crippen LogP contribution in [0.1, 0.15) is 6.92 Å². The highest BCUT2D eigenvalue weighted by Crippen LogP contribution is 1.79. The smallest absolute Gasteiger partial charge is 0.218 e. The predicted molar refractivity (Wildman–Crippen MR) is 38.7 cm³/mol. The Balaban J connectivity index is 3.93. The second kappa shape index (κ2) is 3.06. The highest BCUT2D eigenvalue weighted by atomic mass is 15.2. The van der Waals surface area contributed by atoms with Gasteiger partial charge in [-0.3, -0.25) is 5.41 Å². The Morgan fingerprint density at radius 2 is 2.00 bits per heavy atom. The SMILES string of the molecule is C/C(N)=N\C(=N)N(C)C. The molecule has 4 nitrogen and oxygen atoms in total. The maximum Gasteiger partial charge on any atom is 0.218 e. The van der Waals surface area contributed by atoms with Gasteiger partial charge < -0.3 is 10.6 Å². The van der Waals surface area contributed by atoms with E-state index >= 15 is 0 Å². The zero-order chi connectivity index (χ0) is 7.44. The molecule has 0 aliphatic rings. The number of guanidine groups is 1. The van der Waals surface area contributed by atoms with Crippen LogP contribution in [0, 0.1) is 5.41 Å². The van der Waals surface area contributed by atoms with Gasteiger partial charge in [-0.1, -0.05) is 0 Å². The molecule has 0 saturated carbocycles. The predicted octanol–water partition coefficient (Wildman–Crippen LogP) is -0.140. The van der Waals surface area contributed by atoms with Gasteiger partial charge in [-0.05, 0) is 6.92 Å². The lowest BCUT2D eigenvalue weighted by Gasteiger charge is -2.07. The molecule has 0 aromatic rings. The highest BCUT2D eigenvalue weighted by molar-refractivity contribution is 5.92. The van der Waals surface area contributed by atoms with Gasteiger partial charge in [-0.15, -0.1) is 0 Å². The Bertz CT molecular complexity index is 132. The van der Waals surface area contributed by atoms with Gasteiger partial charge >= 0.3 is 0 Å². The number of hydrogen-bond acceptors (Lipinski definition) is 1. The fourth-order valence-corrected chi connectivity index (χ4v) is 0.267. The molecule has 0 rings (SSSR count). The molecule has 3 N–H and O–H groups in total. The monoisotopic (exact) mass is 128 g/mol. The lowest BCUT2D eigenvalue weighted by Crippen LogP contribution is -2.21. The summed E-state index contributed by atoms with van der Waals surface area (Å²) in [5.41, 5.74) is 5.21. The van der Waals surface area contributed by atoms with E-state index in [1.54, 1.807) is 25.9 Å². The van der Waals surface area contributed by atoms with Crippen molar-refractivity contribution in [1.29, 1.82) is 5.41 Å².